The van der Waals surface area contributed by atoms with Crippen LogP contribution in [0.1, 0.15) is 12.8 Å². The van der Waals surface area contributed by atoms with Crippen molar-refractivity contribution < 1.29 is 22.8 Å². The molecular weight excluding hydrogens is 195 g/mol. The molecule has 1 heterocycles. The first-order chi connectivity index (χ1) is 5.40. The Morgan fingerprint density at radius 2 is 1.58 bits per heavy atom. The van der Waals surface area contributed by atoms with E-state index in [-0.39, 0.29) is 17.1 Å². The molecule has 0 saturated carbocycles. The molecule has 0 bridgehead atoms. The Labute approximate surface area is 70.0 Å². The Morgan fingerprint density at radius 1 is 1.17 bits per heavy atom. The van der Waals surface area contributed by atoms with Gasteiger partial charge in [0.15, 0.2) is 0 Å². The summed E-state index contributed by atoms with van der Waals surface area (Å²) in [5, 5.41) is 0. The number of halogens is 3. The molecule has 0 N–H and O–H groups in total. The van der Waals surface area contributed by atoms with Crippen molar-refractivity contribution >= 4 is 23.8 Å². The van der Waals surface area contributed by atoms with Crippen molar-refractivity contribution in [1.82, 2.24) is 4.31 Å². The first-order valence-electron chi connectivity index (χ1n) is 3.02. The molecule has 0 aromatic rings. The van der Waals surface area contributed by atoms with Gasteiger partial charge in [-0.2, -0.15) is 13.2 Å². The zero-order valence-electron chi connectivity index (χ0n) is 5.72. The van der Waals surface area contributed by atoms with Gasteiger partial charge in [0.1, 0.15) is 0 Å². The van der Waals surface area contributed by atoms with Crippen LogP contribution in [0.5, 0.6) is 0 Å². The van der Waals surface area contributed by atoms with Crippen LogP contribution in [0.3, 0.4) is 0 Å². The van der Waals surface area contributed by atoms with Gasteiger partial charge in [0.25, 0.3) is 0 Å². The molecule has 0 atom stereocenters. The number of hydrogen-bond donors (Lipinski definition) is 0. The number of carbonyl (C=O) groups is 2. The van der Waals surface area contributed by atoms with Crippen molar-refractivity contribution in [2.45, 2.75) is 18.3 Å². The van der Waals surface area contributed by atoms with Gasteiger partial charge in [-0.25, -0.2) is 4.31 Å². The number of hydrogen-bond acceptors (Lipinski definition) is 3. The SMILES string of the molecule is O=C1CCC(=O)N1SC(F)(F)F. The third kappa shape index (κ3) is 2.13. The van der Waals surface area contributed by atoms with Gasteiger partial charge in [-0.1, -0.05) is 0 Å². The number of carbonyl (C=O) groups excluding carboxylic acids is 2. The molecule has 1 aliphatic rings. The number of nitrogens with zero attached hydrogens (tertiary/aromatic N) is 1. The van der Waals surface area contributed by atoms with Gasteiger partial charge in [-0.3, -0.25) is 9.59 Å². The predicted octanol–water partition coefficient (Wildman–Crippen LogP) is 1.30. The molecule has 68 valence electrons. The molecule has 0 unspecified atom stereocenters. The summed E-state index contributed by atoms with van der Waals surface area (Å²) in [6.45, 7) is 0. The minimum atomic E-state index is -4.57. The van der Waals surface area contributed by atoms with Gasteiger partial charge >= 0.3 is 5.51 Å². The second-order valence-electron chi connectivity index (χ2n) is 2.12. The molecule has 1 aliphatic heterocycles. The van der Waals surface area contributed by atoms with Gasteiger partial charge in [0.05, 0.1) is 11.9 Å². The first kappa shape index (κ1) is 9.37. The van der Waals surface area contributed by atoms with E-state index in [1.54, 1.807) is 0 Å². The summed E-state index contributed by atoms with van der Waals surface area (Å²) >= 11 is -0.685. The molecule has 0 aromatic heterocycles. The Balaban J connectivity index is 2.62. The Hall–Kier alpha value is -0.720. The second-order valence-corrected chi connectivity index (χ2v) is 3.13. The van der Waals surface area contributed by atoms with Crippen LogP contribution in [-0.4, -0.2) is 21.6 Å². The van der Waals surface area contributed by atoms with E-state index in [1.165, 1.54) is 0 Å². The van der Waals surface area contributed by atoms with Crippen molar-refractivity contribution in [2.75, 3.05) is 0 Å². The summed E-state index contributed by atoms with van der Waals surface area (Å²) in [4.78, 5) is 21.3. The third-order valence-corrected chi connectivity index (χ3v) is 2.00. The predicted molar refractivity (Wildman–Crippen MR) is 34.7 cm³/mol. The summed E-state index contributed by atoms with van der Waals surface area (Å²) in [7, 11) is 0. The van der Waals surface area contributed by atoms with Crippen LogP contribution < -0.4 is 0 Å². The second kappa shape index (κ2) is 2.96. The zero-order chi connectivity index (χ0) is 9.35. The fourth-order valence-corrected chi connectivity index (χ4v) is 1.35. The molecule has 12 heavy (non-hydrogen) atoms. The molecule has 0 radical (unpaired) electrons. The van der Waals surface area contributed by atoms with E-state index in [1.807, 2.05) is 0 Å². The van der Waals surface area contributed by atoms with Crippen LogP contribution in [0.4, 0.5) is 13.2 Å². The van der Waals surface area contributed by atoms with Gasteiger partial charge < -0.3 is 0 Å². The van der Waals surface area contributed by atoms with Crippen LogP contribution in [-0.2, 0) is 9.59 Å². The lowest BCUT2D eigenvalue weighted by Gasteiger charge is -2.13. The minimum absolute atomic E-state index is 0.123. The highest BCUT2D eigenvalue weighted by Crippen LogP contribution is 2.36. The monoisotopic (exact) mass is 199 g/mol. The molecule has 1 fully saturated rings. The highest BCUT2D eigenvalue weighted by Gasteiger charge is 2.40. The van der Waals surface area contributed by atoms with E-state index in [9.17, 15) is 22.8 Å². The molecule has 1 rings (SSSR count). The van der Waals surface area contributed by atoms with E-state index in [0.29, 0.717) is 0 Å². The molecule has 7 heteroatoms. The van der Waals surface area contributed by atoms with Gasteiger partial charge in [-0.15, -0.1) is 0 Å². The third-order valence-electron chi connectivity index (χ3n) is 1.20. The summed E-state index contributed by atoms with van der Waals surface area (Å²) in [6, 6.07) is 0. The Bertz CT molecular complexity index is 211. The maximum atomic E-state index is 11.7. The molecule has 0 spiro atoms. The fourth-order valence-electron chi connectivity index (χ4n) is 0.761. The fraction of sp³-hybridized carbons (Fsp3) is 0.600. The Kier molecular flexibility index (Phi) is 2.31. The zero-order valence-corrected chi connectivity index (χ0v) is 6.54. The van der Waals surface area contributed by atoms with Crippen molar-refractivity contribution in [2.24, 2.45) is 0 Å². The van der Waals surface area contributed by atoms with Crippen LogP contribution in [0.25, 0.3) is 0 Å². The van der Waals surface area contributed by atoms with Crippen LogP contribution >= 0.6 is 11.9 Å². The maximum absolute atomic E-state index is 11.7. The molecule has 3 nitrogen and oxygen atoms in total. The van der Waals surface area contributed by atoms with Crippen LogP contribution in [0, 0.1) is 0 Å². The number of imide groups is 1. The van der Waals surface area contributed by atoms with Gasteiger partial charge in [-0.05, 0) is 0 Å². The van der Waals surface area contributed by atoms with E-state index < -0.39 is 29.3 Å². The normalized spacial score (nSPS) is 19.1. The van der Waals surface area contributed by atoms with Crippen LogP contribution in [0.15, 0.2) is 0 Å². The maximum Gasteiger partial charge on any atom is 0.462 e. The average molecular weight is 199 g/mol. The minimum Gasteiger partial charge on any atom is -0.273 e. The lowest BCUT2D eigenvalue weighted by atomic mass is 10.4. The van der Waals surface area contributed by atoms with Crippen molar-refractivity contribution in [3.63, 3.8) is 0 Å². The quantitative estimate of drug-likeness (QED) is 0.472. The molecule has 2 amide bonds. The molecule has 0 aliphatic carbocycles. The van der Waals surface area contributed by atoms with E-state index in [0.717, 1.165) is 0 Å². The first-order valence-corrected chi connectivity index (χ1v) is 3.79. The summed E-state index contributed by atoms with van der Waals surface area (Å²) in [5.41, 5.74) is -4.57. The van der Waals surface area contributed by atoms with E-state index >= 15 is 0 Å². The lowest BCUT2D eigenvalue weighted by molar-refractivity contribution is -0.132. The lowest BCUT2D eigenvalue weighted by Crippen LogP contribution is -2.25. The number of amides is 2. The summed E-state index contributed by atoms with van der Waals surface area (Å²) in [6.07, 6.45) is -0.246. The molecule has 1 saturated heterocycles. The standard InChI is InChI=1S/C5H4F3NO2S/c6-5(7,8)12-9-3(10)1-2-4(9)11/h1-2H2. The van der Waals surface area contributed by atoms with E-state index in [2.05, 4.69) is 0 Å². The highest BCUT2D eigenvalue weighted by atomic mass is 32.2. The number of alkyl halides is 3. The number of rotatable bonds is 1. The van der Waals surface area contributed by atoms with Crippen LogP contribution in [0.2, 0.25) is 0 Å². The van der Waals surface area contributed by atoms with Crippen molar-refractivity contribution in [3.8, 4) is 0 Å². The molecular formula is C5H4F3NO2S. The van der Waals surface area contributed by atoms with Crippen molar-refractivity contribution in [1.29, 1.82) is 0 Å². The Morgan fingerprint density at radius 3 is 1.92 bits per heavy atom. The summed E-state index contributed by atoms with van der Waals surface area (Å²) in [5.74, 6) is -1.55. The van der Waals surface area contributed by atoms with Gasteiger partial charge in [0.2, 0.25) is 11.8 Å². The van der Waals surface area contributed by atoms with Gasteiger partial charge in [0, 0.05) is 12.8 Å². The highest BCUT2D eigenvalue weighted by molar-refractivity contribution is 7.98. The average Bonchev–Trinajstić information content (AvgIpc) is 2.16. The smallest absolute Gasteiger partial charge is 0.273 e. The largest absolute Gasteiger partial charge is 0.462 e. The topological polar surface area (TPSA) is 37.4 Å². The van der Waals surface area contributed by atoms with E-state index in [4.69, 9.17) is 0 Å². The summed E-state index contributed by atoms with van der Waals surface area (Å²) < 4.78 is 35.2. The van der Waals surface area contributed by atoms with Crippen molar-refractivity contribution in [3.05, 3.63) is 0 Å². The molecule has 0 aromatic carbocycles.